The molecule has 1 N–H and O–H groups in total. The van der Waals surface area contributed by atoms with E-state index < -0.39 is 23.9 Å². The fraction of sp³-hybridized carbons (Fsp3) is 0.333. The zero-order valence-corrected chi connectivity index (χ0v) is 15.0. The lowest BCUT2D eigenvalue weighted by Gasteiger charge is -2.22. The number of ether oxygens (including phenoxy) is 2. The van der Waals surface area contributed by atoms with E-state index in [1.54, 1.807) is 12.1 Å². The fourth-order valence-electron chi connectivity index (χ4n) is 2.86. The minimum absolute atomic E-state index is 0.0990. The highest BCUT2D eigenvalue weighted by atomic mass is 32.1. The molecule has 1 saturated heterocycles. The number of benzene rings is 1. The molecule has 0 aliphatic carbocycles. The highest BCUT2D eigenvalue weighted by Crippen LogP contribution is 2.25. The van der Waals surface area contributed by atoms with Crippen molar-refractivity contribution in [2.24, 2.45) is 0 Å². The Morgan fingerprint density at radius 3 is 2.81 bits per heavy atom. The van der Waals surface area contributed by atoms with Crippen molar-refractivity contribution in [2.45, 2.75) is 25.1 Å². The minimum atomic E-state index is -0.764. The number of methoxy groups -OCH3 is 1. The van der Waals surface area contributed by atoms with Crippen LogP contribution in [0, 0.1) is 5.82 Å². The molecule has 0 radical (unpaired) electrons. The van der Waals surface area contributed by atoms with E-state index >= 15 is 0 Å². The molecular formula is C18H19FN2O4S. The summed E-state index contributed by atoms with van der Waals surface area (Å²) >= 11 is 1.53. The lowest BCUT2D eigenvalue weighted by atomic mass is 10.2. The van der Waals surface area contributed by atoms with Crippen molar-refractivity contribution < 1.29 is 23.5 Å². The number of rotatable bonds is 5. The Hall–Kier alpha value is -2.61. The van der Waals surface area contributed by atoms with E-state index in [0.29, 0.717) is 6.54 Å². The van der Waals surface area contributed by atoms with Gasteiger partial charge in [-0.15, -0.1) is 11.3 Å². The summed E-state index contributed by atoms with van der Waals surface area (Å²) in [6, 6.07) is 8.72. The third-order valence-corrected chi connectivity index (χ3v) is 5.00. The number of amides is 2. The van der Waals surface area contributed by atoms with Gasteiger partial charge >= 0.3 is 12.0 Å². The van der Waals surface area contributed by atoms with E-state index in [2.05, 4.69) is 5.32 Å². The number of likely N-dealkylation sites (tertiary alicyclic amines) is 1. The molecule has 1 aromatic carbocycles. The van der Waals surface area contributed by atoms with Gasteiger partial charge in [0.05, 0.1) is 20.2 Å². The maximum atomic E-state index is 13.8. The van der Waals surface area contributed by atoms with Gasteiger partial charge in [-0.05, 0) is 23.6 Å². The number of thiophene rings is 1. The molecule has 2 amide bonds. The van der Waals surface area contributed by atoms with Crippen LogP contribution in [0.15, 0.2) is 41.8 Å². The van der Waals surface area contributed by atoms with Gasteiger partial charge in [0.15, 0.2) is 11.6 Å². The van der Waals surface area contributed by atoms with Gasteiger partial charge in [-0.3, -0.25) is 0 Å². The number of esters is 1. The quantitative estimate of drug-likeness (QED) is 0.813. The lowest BCUT2D eigenvalue weighted by Crippen LogP contribution is -2.46. The Bertz CT molecular complexity index is 768. The van der Waals surface area contributed by atoms with E-state index in [1.165, 1.54) is 35.5 Å². The maximum absolute atomic E-state index is 13.8. The van der Waals surface area contributed by atoms with Crippen molar-refractivity contribution in [1.82, 2.24) is 10.2 Å². The first-order valence-corrected chi connectivity index (χ1v) is 9.02. The Balaban J connectivity index is 1.67. The standard InChI is InChI=1S/C18H19FN2O4S/c1-24-17(22)15-9-12(25-16-7-3-2-6-14(16)19)11-21(15)18(23)20-10-13-5-4-8-26-13/h2-8,12,15H,9-11H2,1H3,(H,20,23)/t12-,15+/m0/s1. The van der Waals surface area contributed by atoms with Crippen LogP contribution in [0.3, 0.4) is 0 Å². The van der Waals surface area contributed by atoms with Crippen LogP contribution in [0.5, 0.6) is 5.75 Å². The van der Waals surface area contributed by atoms with Crippen molar-refractivity contribution in [1.29, 1.82) is 0 Å². The number of halogens is 1. The second-order valence-electron chi connectivity index (χ2n) is 5.84. The Kier molecular flexibility index (Phi) is 5.72. The van der Waals surface area contributed by atoms with Crippen LogP contribution >= 0.6 is 11.3 Å². The summed E-state index contributed by atoms with van der Waals surface area (Å²) in [6.45, 7) is 0.546. The third kappa shape index (κ3) is 4.13. The average molecular weight is 378 g/mol. The number of nitrogens with one attached hydrogen (secondary N) is 1. The van der Waals surface area contributed by atoms with Crippen LogP contribution in [0.4, 0.5) is 9.18 Å². The van der Waals surface area contributed by atoms with Crippen molar-refractivity contribution >= 4 is 23.3 Å². The molecule has 1 aromatic heterocycles. The van der Waals surface area contributed by atoms with Gasteiger partial charge in [0, 0.05) is 11.3 Å². The van der Waals surface area contributed by atoms with Crippen LogP contribution in [0.25, 0.3) is 0 Å². The van der Waals surface area contributed by atoms with Gasteiger partial charge in [0.2, 0.25) is 0 Å². The largest absolute Gasteiger partial charge is 0.485 e. The molecule has 2 heterocycles. The predicted molar refractivity (Wildman–Crippen MR) is 94.5 cm³/mol. The number of urea groups is 1. The second-order valence-corrected chi connectivity index (χ2v) is 6.87. The Morgan fingerprint density at radius 2 is 2.12 bits per heavy atom. The first kappa shape index (κ1) is 18.2. The summed E-state index contributed by atoms with van der Waals surface area (Å²) in [5.41, 5.74) is 0. The molecule has 0 bridgehead atoms. The normalized spacial score (nSPS) is 19.2. The van der Waals surface area contributed by atoms with E-state index in [0.717, 1.165) is 4.88 Å². The summed E-state index contributed by atoms with van der Waals surface area (Å²) in [4.78, 5) is 27.0. The average Bonchev–Trinajstić information content (AvgIpc) is 3.31. The number of hydrogen-bond donors (Lipinski definition) is 1. The lowest BCUT2D eigenvalue weighted by molar-refractivity contribution is -0.145. The zero-order chi connectivity index (χ0) is 18.5. The van der Waals surface area contributed by atoms with Crippen LogP contribution in [0.1, 0.15) is 11.3 Å². The van der Waals surface area contributed by atoms with Crippen molar-refractivity contribution in [2.75, 3.05) is 13.7 Å². The van der Waals surface area contributed by atoms with Gasteiger partial charge in [-0.2, -0.15) is 0 Å². The predicted octanol–water partition coefficient (Wildman–Crippen LogP) is 2.79. The van der Waals surface area contributed by atoms with Crippen molar-refractivity contribution in [3.63, 3.8) is 0 Å². The molecule has 1 fully saturated rings. The molecular weight excluding hydrogens is 359 g/mol. The minimum Gasteiger partial charge on any atom is -0.485 e. The molecule has 0 spiro atoms. The monoisotopic (exact) mass is 378 g/mol. The van der Waals surface area contributed by atoms with E-state index in [4.69, 9.17) is 9.47 Å². The molecule has 1 aliphatic rings. The Labute approximate surface area is 154 Å². The van der Waals surface area contributed by atoms with Gasteiger partial charge in [-0.25, -0.2) is 14.0 Å². The molecule has 0 unspecified atom stereocenters. The van der Waals surface area contributed by atoms with Gasteiger partial charge in [0.25, 0.3) is 0 Å². The molecule has 6 nitrogen and oxygen atoms in total. The number of carbonyl (C=O) groups is 2. The SMILES string of the molecule is COC(=O)[C@H]1C[C@H](Oc2ccccc2F)CN1C(=O)NCc1cccs1. The van der Waals surface area contributed by atoms with Crippen molar-refractivity contribution in [3.8, 4) is 5.75 Å². The first-order chi connectivity index (χ1) is 12.6. The first-order valence-electron chi connectivity index (χ1n) is 8.14. The number of hydrogen-bond acceptors (Lipinski definition) is 5. The fourth-order valence-corrected chi connectivity index (χ4v) is 3.51. The molecule has 2 aromatic rings. The summed E-state index contributed by atoms with van der Waals surface area (Å²) in [7, 11) is 1.27. The molecule has 3 rings (SSSR count). The topological polar surface area (TPSA) is 67.9 Å². The second kappa shape index (κ2) is 8.18. The van der Waals surface area contributed by atoms with Gasteiger partial charge in [-0.1, -0.05) is 18.2 Å². The van der Waals surface area contributed by atoms with Gasteiger partial charge < -0.3 is 19.7 Å². The zero-order valence-electron chi connectivity index (χ0n) is 14.2. The highest BCUT2D eigenvalue weighted by Gasteiger charge is 2.41. The highest BCUT2D eigenvalue weighted by molar-refractivity contribution is 7.09. The van der Waals surface area contributed by atoms with E-state index in [-0.39, 0.29) is 24.7 Å². The number of carbonyl (C=O) groups excluding carboxylic acids is 2. The summed E-state index contributed by atoms with van der Waals surface area (Å²) < 4.78 is 24.2. The molecule has 2 atom stereocenters. The van der Waals surface area contributed by atoms with Gasteiger partial charge in [0.1, 0.15) is 12.1 Å². The van der Waals surface area contributed by atoms with E-state index in [1.807, 2.05) is 17.5 Å². The van der Waals surface area contributed by atoms with E-state index in [9.17, 15) is 14.0 Å². The summed E-state index contributed by atoms with van der Waals surface area (Å²) in [5.74, 6) is -0.902. The number of nitrogens with zero attached hydrogens (tertiary/aromatic N) is 1. The third-order valence-electron chi connectivity index (χ3n) is 4.12. The molecule has 1 aliphatic heterocycles. The Morgan fingerprint density at radius 1 is 1.31 bits per heavy atom. The summed E-state index contributed by atoms with van der Waals surface area (Å²) in [5, 5.41) is 4.72. The number of para-hydroxylation sites is 1. The van der Waals surface area contributed by atoms with Crippen molar-refractivity contribution in [3.05, 3.63) is 52.5 Å². The summed E-state index contributed by atoms with van der Waals surface area (Å²) in [6.07, 6.45) is -0.253. The maximum Gasteiger partial charge on any atom is 0.328 e. The van der Waals surface area contributed by atoms with Crippen LogP contribution < -0.4 is 10.1 Å². The molecule has 8 heteroatoms. The van der Waals surface area contributed by atoms with Crippen LogP contribution in [-0.4, -0.2) is 42.7 Å². The molecule has 26 heavy (non-hydrogen) atoms. The molecule has 0 saturated carbocycles. The van der Waals surface area contributed by atoms with Crippen LogP contribution in [-0.2, 0) is 16.1 Å². The molecule has 138 valence electrons. The van der Waals surface area contributed by atoms with Crippen LogP contribution in [0.2, 0.25) is 0 Å². The smallest absolute Gasteiger partial charge is 0.328 e.